The van der Waals surface area contributed by atoms with Crippen LogP contribution in [-0.4, -0.2) is 19.7 Å². The molecule has 0 aliphatic heterocycles. The number of hydrogen-bond donors (Lipinski definition) is 0. The first-order chi connectivity index (χ1) is 14.9. The molecule has 0 atom stereocenters. The molecule has 0 fully saturated rings. The predicted molar refractivity (Wildman–Crippen MR) is 121 cm³/mol. The van der Waals surface area contributed by atoms with Gasteiger partial charge in [0.25, 0.3) is 0 Å². The van der Waals surface area contributed by atoms with Crippen LogP contribution in [0.25, 0.3) is 21.7 Å². The second-order valence-electron chi connectivity index (χ2n) is 7.04. The molecule has 0 bridgehead atoms. The van der Waals surface area contributed by atoms with E-state index in [1.54, 1.807) is 36.4 Å². The van der Waals surface area contributed by atoms with Gasteiger partial charge in [0, 0.05) is 11.8 Å². The highest BCUT2D eigenvalue weighted by atomic mass is 32.2. The molecule has 3 aromatic carbocycles. The molecule has 31 heavy (non-hydrogen) atoms. The molecule has 0 amide bonds. The van der Waals surface area contributed by atoms with E-state index in [2.05, 4.69) is 0 Å². The van der Waals surface area contributed by atoms with Gasteiger partial charge < -0.3 is 4.74 Å². The van der Waals surface area contributed by atoms with Crippen molar-refractivity contribution in [3.8, 4) is 21.7 Å². The summed E-state index contributed by atoms with van der Waals surface area (Å²) in [5, 5.41) is 0.716. The van der Waals surface area contributed by atoms with E-state index >= 15 is 0 Å². The smallest absolute Gasteiger partial charge is 0.176 e. The first-order valence-electron chi connectivity index (χ1n) is 9.58. The zero-order valence-electron chi connectivity index (χ0n) is 16.8. The quantitative estimate of drug-likeness (QED) is 0.358. The average molecular weight is 454 g/mol. The minimum absolute atomic E-state index is 0.209. The summed E-state index contributed by atoms with van der Waals surface area (Å²) < 4.78 is 44.0. The fourth-order valence-electron chi connectivity index (χ4n) is 3.22. The van der Waals surface area contributed by atoms with E-state index in [9.17, 15) is 12.8 Å². The lowest BCUT2D eigenvalue weighted by Gasteiger charge is -2.08. The van der Waals surface area contributed by atoms with Crippen LogP contribution in [0.3, 0.4) is 0 Å². The Morgan fingerprint density at radius 2 is 1.58 bits per heavy atom. The fourth-order valence-corrected chi connectivity index (χ4v) is 5.13. The van der Waals surface area contributed by atoms with Gasteiger partial charge in [0.1, 0.15) is 10.8 Å². The maximum atomic E-state index is 13.5. The highest BCUT2D eigenvalue weighted by Gasteiger charge is 2.21. The first kappa shape index (κ1) is 21.4. The van der Waals surface area contributed by atoms with E-state index in [-0.39, 0.29) is 17.3 Å². The van der Waals surface area contributed by atoms with Gasteiger partial charge in [0.05, 0.1) is 28.7 Å². The average Bonchev–Trinajstić information content (AvgIpc) is 3.18. The summed E-state index contributed by atoms with van der Waals surface area (Å²) in [5.41, 5.74) is 2.90. The topological polar surface area (TPSA) is 56.3 Å². The lowest BCUT2D eigenvalue weighted by Crippen LogP contribution is -2.00. The van der Waals surface area contributed by atoms with E-state index in [0.29, 0.717) is 22.9 Å². The number of ether oxygens (including phenoxy) is 1. The van der Waals surface area contributed by atoms with E-state index < -0.39 is 9.84 Å². The molecule has 0 aliphatic carbocycles. The molecule has 4 nitrogen and oxygen atoms in total. The third-order valence-electron chi connectivity index (χ3n) is 4.66. The van der Waals surface area contributed by atoms with E-state index in [4.69, 9.17) is 9.72 Å². The summed E-state index contributed by atoms with van der Waals surface area (Å²) in [6, 6.07) is 22.7. The van der Waals surface area contributed by atoms with Crippen molar-refractivity contribution in [2.45, 2.75) is 18.1 Å². The lowest BCUT2D eigenvalue weighted by atomic mass is 10.1. The van der Waals surface area contributed by atoms with Crippen LogP contribution in [0.4, 0.5) is 4.39 Å². The Labute approximate surface area is 184 Å². The summed E-state index contributed by atoms with van der Waals surface area (Å²) in [6.45, 7) is 0.732. The molecule has 0 aliphatic rings. The van der Waals surface area contributed by atoms with Gasteiger partial charge >= 0.3 is 0 Å². The van der Waals surface area contributed by atoms with Gasteiger partial charge in [-0.15, -0.1) is 11.3 Å². The van der Waals surface area contributed by atoms with Crippen LogP contribution in [-0.2, 0) is 27.8 Å². The summed E-state index contributed by atoms with van der Waals surface area (Å²) in [7, 11) is -3.46. The normalized spacial score (nSPS) is 11.5. The second kappa shape index (κ2) is 9.09. The maximum absolute atomic E-state index is 13.5. The SMILES string of the molecule is CS(=O)(=O)c1ccccc1-c1nc(COCc2ccccc2)sc1-c1ccc(F)cc1. The fraction of sp³-hybridized carbons (Fsp3) is 0.125. The van der Waals surface area contributed by atoms with Gasteiger partial charge in [-0.1, -0.05) is 60.7 Å². The number of thiazole rings is 1. The number of benzene rings is 3. The zero-order chi connectivity index (χ0) is 21.8. The number of halogens is 1. The van der Waals surface area contributed by atoms with Crippen LogP contribution in [0.1, 0.15) is 10.6 Å². The molecule has 0 N–H and O–H groups in total. The van der Waals surface area contributed by atoms with Crippen molar-refractivity contribution in [2.24, 2.45) is 0 Å². The van der Waals surface area contributed by atoms with Gasteiger partial charge in [-0.2, -0.15) is 0 Å². The highest BCUT2D eigenvalue weighted by Crippen LogP contribution is 2.39. The van der Waals surface area contributed by atoms with Crippen LogP contribution in [0.2, 0.25) is 0 Å². The molecule has 4 aromatic rings. The minimum atomic E-state index is -3.46. The zero-order valence-corrected chi connectivity index (χ0v) is 18.4. The molecule has 0 saturated carbocycles. The third kappa shape index (κ3) is 5.07. The van der Waals surface area contributed by atoms with Crippen LogP contribution in [0.15, 0.2) is 83.8 Å². The summed E-state index contributed by atoms with van der Waals surface area (Å²) >= 11 is 1.41. The van der Waals surface area contributed by atoms with Gasteiger partial charge in [-0.05, 0) is 29.3 Å². The Morgan fingerprint density at radius 3 is 2.29 bits per heavy atom. The minimum Gasteiger partial charge on any atom is -0.370 e. The van der Waals surface area contributed by atoms with Crippen LogP contribution >= 0.6 is 11.3 Å². The van der Waals surface area contributed by atoms with Crippen LogP contribution in [0.5, 0.6) is 0 Å². The largest absolute Gasteiger partial charge is 0.370 e. The standard InChI is InChI=1S/C24H20FNO3S2/c1-31(27,28)21-10-6-5-9-20(21)23-24(18-11-13-19(25)14-12-18)30-22(26-23)16-29-15-17-7-3-2-4-8-17/h2-14H,15-16H2,1H3. The summed E-state index contributed by atoms with van der Waals surface area (Å²) in [4.78, 5) is 5.70. The lowest BCUT2D eigenvalue weighted by molar-refractivity contribution is 0.107. The van der Waals surface area contributed by atoms with E-state index in [1.165, 1.54) is 29.7 Å². The van der Waals surface area contributed by atoms with Crippen molar-refractivity contribution in [3.05, 3.63) is 95.3 Å². The van der Waals surface area contributed by atoms with Crippen LogP contribution < -0.4 is 0 Å². The summed E-state index contributed by atoms with van der Waals surface area (Å²) in [5.74, 6) is -0.335. The molecule has 7 heteroatoms. The molecule has 1 heterocycles. The van der Waals surface area contributed by atoms with Gasteiger partial charge in [0.15, 0.2) is 9.84 Å². The summed E-state index contributed by atoms with van der Waals surface area (Å²) in [6.07, 6.45) is 1.18. The number of rotatable bonds is 7. The molecule has 0 unspecified atom stereocenters. The van der Waals surface area contributed by atoms with Crippen LogP contribution in [0, 0.1) is 5.82 Å². The van der Waals surface area contributed by atoms with Gasteiger partial charge in [0.2, 0.25) is 0 Å². The molecular formula is C24H20FNO3S2. The molecule has 4 rings (SSSR count). The van der Waals surface area contributed by atoms with E-state index in [0.717, 1.165) is 16.0 Å². The third-order valence-corrected chi connectivity index (χ3v) is 6.89. The van der Waals surface area contributed by atoms with Gasteiger partial charge in [-0.25, -0.2) is 17.8 Å². The number of nitrogens with zero attached hydrogens (tertiary/aromatic N) is 1. The number of aromatic nitrogens is 1. The second-order valence-corrected chi connectivity index (χ2v) is 10.1. The predicted octanol–water partition coefficient (Wildman–Crippen LogP) is 5.74. The Morgan fingerprint density at radius 1 is 0.903 bits per heavy atom. The molecule has 0 radical (unpaired) electrons. The Balaban J connectivity index is 1.72. The Kier molecular flexibility index (Phi) is 6.27. The number of sulfone groups is 1. The number of hydrogen-bond acceptors (Lipinski definition) is 5. The highest BCUT2D eigenvalue weighted by molar-refractivity contribution is 7.90. The van der Waals surface area contributed by atoms with Crippen molar-refractivity contribution in [1.29, 1.82) is 0 Å². The maximum Gasteiger partial charge on any atom is 0.176 e. The van der Waals surface area contributed by atoms with Crippen molar-refractivity contribution >= 4 is 21.2 Å². The van der Waals surface area contributed by atoms with Crippen molar-refractivity contribution in [3.63, 3.8) is 0 Å². The Hall–Kier alpha value is -2.87. The molecule has 0 saturated heterocycles. The van der Waals surface area contributed by atoms with Crippen molar-refractivity contribution in [1.82, 2.24) is 4.98 Å². The Bertz CT molecular complexity index is 1280. The molecule has 0 spiro atoms. The van der Waals surface area contributed by atoms with Gasteiger partial charge in [-0.3, -0.25) is 0 Å². The van der Waals surface area contributed by atoms with Crippen molar-refractivity contribution < 1.29 is 17.5 Å². The first-order valence-corrected chi connectivity index (χ1v) is 12.3. The molecule has 1 aromatic heterocycles. The molecule has 158 valence electrons. The molecular weight excluding hydrogens is 433 g/mol. The van der Waals surface area contributed by atoms with E-state index in [1.807, 2.05) is 30.3 Å². The van der Waals surface area contributed by atoms with Crippen molar-refractivity contribution in [2.75, 3.05) is 6.26 Å². The monoisotopic (exact) mass is 453 g/mol.